The van der Waals surface area contributed by atoms with E-state index in [1.165, 1.54) is 0 Å². The third-order valence-corrected chi connectivity index (χ3v) is 2.47. The first kappa shape index (κ1) is 8.87. The van der Waals surface area contributed by atoms with Crippen molar-refractivity contribution in [3.63, 3.8) is 0 Å². The molecule has 0 saturated heterocycles. The lowest BCUT2D eigenvalue weighted by atomic mass is 9.79. The Morgan fingerprint density at radius 1 is 1.62 bits per heavy atom. The molecule has 5 heteroatoms. The number of benzene rings is 1. The fraction of sp³-hybridized carbons (Fsp3) is 0.250. The van der Waals surface area contributed by atoms with Crippen LogP contribution in [0.15, 0.2) is 12.1 Å². The summed E-state index contributed by atoms with van der Waals surface area (Å²) in [5.41, 5.74) is 2.57. The van der Waals surface area contributed by atoms with Gasteiger partial charge in [0.05, 0.1) is 17.3 Å². The van der Waals surface area contributed by atoms with Gasteiger partial charge in [-0.2, -0.15) is 0 Å². The first-order valence-corrected chi connectivity index (χ1v) is 4.40. The first-order chi connectivity index (χ1) is 6.22. The Morgan fingerprint density at radius 3 is 3.08 bits per heavy atom. The molecule has 0 bridgehead atoms. The zero-order chi connectivity index (χ0) is 9.42. The number of fused-ring (bicyclic) bond motifs is 1. The Morgan fingerprint density at radius 2 is 2.38 bits per heavy atom. The third kappa shape index (κ3) is 1.41. The van der Waals surface area contributed by atoms with Crippen molar-refractivity contribution in [1.82, 2.24) is 0 Å². The fourth-order valence-electron chi connectivity index (χ4n) is 1.44. The second-order valence-corrected chi connectivity index (χ2v) is 3.35. The molecule has 3 nitrogen and oxygen atoms in total. The quantitative estimate of drug-likeness (QED) is 0.648. The van der Waals surface area contributed by atoms with Crippen LogP contribution in [0.3, 0.4) is 0 Å². The second-order valence-electron chi connectivity index (χ2n) is 2.94. The maximum absolute atomic E-state index is 9.40. The molecule has 2 rings (SSSR count). The van der Waals surface area contributed by atoms with Gasteiger partial charge >= 0.3 is 7.12 Å². The number of hydrogen-bond acceptors (Lipinski definition) is 3. The first-order valence-electron chi connectivity index (χ1n) is 4.02. The van der Waals surface area contributed by atoms with E-state index in [1.807, 2.05) is 12.1 Å². The topological polar surface area (TPSA) is 41.5 Å². The van der Waals surface area contributed by atoms with Crippen LogP contribution >= 0.6 is 11.6 Å². The standard InChI is InChI=1S/C8H9BClNO2/c1-11-8-3-6-5(2-7(8)10)4-13-9(6)12/h2-3,11-12H,4H2,1H3. The van der Waals surface area contributed by atoms with Gasteiger partial charge in [-0.3, -0.25) is 0 Å². The molecule has 1 aromatic carbocycles. The normalized spacial score (nSPS) is 14.5. The molecule has 0 spiro atoms. The molecule has 13 heavy (non-hydrogen) atoms. The molecule has 0 unspecified atom stereocenters. The number of hydrogen-bond donors (Lipinski definition) is 2. The molecule has 0 fully saturated rings. The Labute approximate surface area is 81.8 Å². The minimum absolute atomic E-state index is 0.431. The van der Waals surface area contributed by atoms with Crippen molar-refractivity contribution in [1.29, 1.82) is 0 Å². The summed E-state index contributed by atoms with van der Waals surface area (Å²) in [5.74, 6) is 0. The van der Waals surface area contributed by atoms with Crippen LogP contribution in [-0.2, 0) is 11.3 Å². The van der Waals surface area contributed by atoms with Crippen molar-refractivity contribution >= 4 is 29.9 Å². The molecule has 1 aliphatic rings. The van der Waals surface area contributed by atoms with Crippen LogP contribution in [-0.4, -0.2) is 19.2 Å². The van der Waals surface area contributed by atoms with Crippen molar-refractivity contribution in [2.45, 2.75) is 6.61 Å². The molecule has 1 aliphatic heterocycles. The number of nitrogens with one attached hydrogen (secondary N) is 1. The van der Waals surface area contributed by atoms with E-state index in [-0.39, 0.29) is 0 Å². The van der Waals surface area contributed by atoms with E-state index in [0.29, 0.717) is 11.6 Å². The van der Waals surface area contributed by atoms with E-state index in [2.05, 4.69) is 5.32 Å². The summed E-state index contributed by atoms with van der Waals surface area (Å²) in [6.07, 6.45) is 0. The van der Waals surface area contributed by atoms with Gasteiger partial charge < -0.3 is 15.0 Å². The lowest BCUT2D eigenvalue weighted by Gasteiger charge is -2.06. The van der Waals surface area contributed by atoms with Gasteiger partial charge in [0.15, 0.2) is 0 Å². The molecule has 0 atom stereocenters. The Balaban J connectivity index is 2.51. The molecule has 2 N–H and O–H groups in total. The van der Waals surface area contributed by atoms with Crippen LogP contribution in [0.2, 0.25) is 5.02 Å². The van der Waals surface area contributed by atoms with Crippen LogP contribution < -0.4 is 10.8 Å². The summed E-state index contributed by atoms with van der Waals surface area (Å²) in [5, 5.41) is 13.0. The van der Waals surface area contributed by atoms with Crippen molar-refractivity contribution in [2.75, 3.05) is 12.4 Å². The molecule has 0 radical (unpaired) electrons. The monoisotopic (exact) mass is 197 g/mol. The molecule has 68 valence electrons. The van der Waals surface area contributed by atoms with Gasteiger partial charge in [-0.15, -0.1) is 0 Å². The van der Waals surface area contributed by atoms with E-state index >= 15 is 0 Å². The maximum atomic E-state index is 9.40. The molecular formula is C8H9BClNO2. The largest absolute Gasteiger partial charge is 0.491 e. The number of rotatable bonds is 1. The molecule has 0 aromatic heterocycles. The van der Waals surface area contributed by atoms with E-state index in [1.54, 1.807) is 7.05 Å². The molecule has 1 aromatic rings. The summed E-state index contributed by atoms with van der Waals surface area (Å²) < 4.78 is 5.05. The van der Waals surface area contributed by atoms with Crippen LogP contribution in [0.1, 0.15) is 5.56 Å². The van der Waals surface area contributed by atoms with E-state index in [0.717, 1.165) is 16.7 Å². The zero-order valence-electron chi connectivity index (χ0n) is 7.17. The summed E-state index contributed by atoms with van der Waals surface area (Å²) in [6, 6.07) is 3.63. The van der Waals surface area contributed by atoms with Crippen LogP contribution in [0.4, 0.5) is 5.69 Å². The average molecular weight is 197 g/mol. The summed E-state index contributed by atoms with van der Waals surface area (Å²) >= 11 is 5.96. The minimum Gasteiger partial charge on any atom is -0.423 e. The highest BCUT2D eigenvalue weighted by Gasteiger charge is 2.28. The summed E-state index contributed by atoms with van der Waals surface area (Å²) in [7, 11) is 0.981. The second kappa shape index (κ2) is 3.22. The van der Waals surface area contributed by atoms with E-state index < -0.39 is 7.12 Å². The van der Waals surface area contributed by atoms with Gasteiger partial charge in [-0.05, 0) is 23.2 Å². The Kier molecular flexibility index (Phi) is 2.19. The van der Waals surface area contributed by atoms with Crippen molar-refractivity contribution in [3.8, 4) is 0 Å². The SMILES string of the molecule is CNc1cc2c(cc1Cl)COB2O. The van der Waals surface area contributed by atoms with Gasteiger partial charge in [0, 0.05) is 7.05 Å². The van der Waals surface area contributed by atoms with Crippen LogP contribution in [0.5, 0.6) is 0 Å². The minimum atomic E-state index is -0.806. The molecule has 1 heterocycles. The van der Waals surface area contributed by atoms with Crippen molar-refractivity contribution in [3.05, 3.63) is 22.7 Å². The Bertz CT molecular complexity index is 345. The number of anilines is 1. The van der Waals surface area contributed by atoms with Crippen LogP contribution in [0.25, 0.3) is 0 Å². The summed E-state index contributed by atoms with van der Waals surface area (Å²) in [6.45, 7) is 0.431. The smallest absolute Gasteiger partial charge is 0.423 e. The van der Waals surface area contributed by atoms with Gasteiger partial charge in [0.1, 0.15) is 0 Å². The average Bonchev–Trinajstić information content (AvgIpc) is 2.46. The van der Waals surface area contributed by atoms with Crippen LogP contribution in [0, 0.1) is 0 Å². The highest BCUT2D eigenvalue weighted by molar-refractivity contribution is 6.61. The molecular weight excluding hydrogens is 188 g/mol. The van der Waals surface area contributed by atoms with Crippen molar-refractivity contribution < 1.29 is 9.68 Å². The molecule has 0 aliphatic carbocycles. The predicted octanol–water partition coefficient (Wildman–Crippen LogP) is 0.599. The van der Waals surface area contributed by atoms with Gasteiger partial charge in [0.25, 0.3) is 0 Å². The van der Waals surface area contributed by atoms with Crippen molar-refractivity contribution in [2.24, 2.45) is 0 Å². The maximum Gasteiger partial charge on any atom is 0.491 e. The highest BCUT2D eigenvalue weighted by Crippen LogP contribution is 2.24. The summed E-state index contributed by atoms with van der Waals surface area (Å²) in [4.78, 5) is 0. The lowest BCUT2D eigenvalue weighted by molar-refractivity contribution is 0.275. The lowest BCUT2D eigenvalue weighted by Crippen LogP contribution is -2.28. The highest BCUT2D eigenvalue weighted by atomic mass is 35.5. The predicted molar refractivity (Wildman–Crippen MR) is 53.4 cm³/mol. The fourth-order valence-corrected chi connectivity index (χ4v) is 1.72. The number of halogens is 1. The van der Waals surface area contributed by atoms with E-state index in [4.69, 9.17) is 16.3 Å². The Hall–Kier alpha value is -0.705. The zero-order valence-corrected chi connectivity index (χ0v) is 7.93. The third-order valence-electron chi connectivity index (χ3n) is 2.16. The molecule has 0 amide bonds. The van der Waals surface area contributed by atoms with Gasteiger partial charge in [-0.1, -0.05) is 11.6 Å². The van der Waals surface area contributed by atoms with Gasteiger partial charge in [0.2, 0.25) is 0 Å². The molecule has 0 saturated carbocycles. The van der Waals surface area contributed by atoms with Gasteiger partial charge in [-0.25, -0.2) is 0 Å². The van der Waals surface area contributed by atoms with E-state index in [9.17, 15) is 5.02 Å².